The van der Waals surface area contributed by atoms with Crippen molar-refractivity contribution in [1.29, 1.82) is 0 Å². The standard InChI is InChI=1S/C16H23ClN2O/c1-16(2,12-6-5-7-13(17)10-12)11-19-15(20)14-8-3-4-9-18-14/h5-7,10,14,18H,3-4,8-9,11H2,1-2H3,(H,19,20). The Kier molecular flexibility index (Phi) is 5.06. The van der Waals surface area contributed by atoms with Gasteiger partial charge in [-0.25, -0.2) is 0 Å². The van der Waals surface area contributed by atoms with Crippen LogP contribution < -0.4 is 10.6 Å². The van der Waals surface area contributed by atoms with E-state index in [9.17, 15) is 4.79 Å². The molecular weight excluding hydrogens is 272 g/mol. The minimum absolute atomic E-state index is 0.0288. The van der Waals surface area contributed by atoms with Crippen molar-refractivity contribution in [3.05, 3.63) is 34.9 Å². The van der Waals surface area contributed by atoms with Crippen LogP contribution in [-0.2, 0) is 10.2 Å². The number of halogens is 1. The summed E-state index contributed by atoms with van der Waals surface area (Å²) in [7, 11) is 0. The van der Waals surface area contributed by atoms with Crippen LogP contribution >= 0.6 is 11.6 Å². The summed E-state index contributed by atoms with van der Waals surface area (Å²) >= 11 is 6.04. The number of amides is 1. The summed E-state index contributed by atoms with van der Waals surface area (Å²) in [6.45, 7) is 5.79. The van der Waals surface area contributed by atoms with Gasteiger partial charge < -0.3 is 10.6 Å². The normalized spacial score (nSPS) is 19.6. The summed E-state index contributed by atoms with van der Waals surface area (Å²) in [5.74, 6) is 0.111. The maximum absolute atomic E-state index is 12.1. The Bertz CT molecular complexity index is 467. The molecule has 1 aliphatic rings. The highest BCUT2D eigenvalue weighted by Crippen LogP contribution is 2.24. The van der Waals surface area contributed by atoms with E-state index < -0.39 is 0 Å². The van der Waals surface area contributed by atoms with Gasteiger partial charge in [0.25, 0.3) is 0 Å². The van der Waals surface area contributed by atoms with Gasteiger partial charge in [0.05, 0.1) is 6.04 Å². The molecule has 4 heteroatoms. The fourth-order valence-electron chi connectivity index (χ4n) is 2.52. The molecule has 0 aromatic heterocycles. The largest absolute Gasteiger partial charge is 0.354 e. The minimum atomic E-state index is -0.130. The monoisotopic (exact) mass is 294 g/mol. The lowest BCUT2D eigenvalue weighted by Gasteiger charge is -2.28. The molecule has 0 bridgehead atoms. The number of benzene rings is 1. The van der Waals surface area contributed by atoms with Crippen molar-refractivity contribution in [3.63, 3.8) is 0 Å². The maximum Gasteiger partial charge on any atom is 0.237 e. The fourth-order valence-corrected chi connectivity index (χ4v) is 2.71. The van der Waals surface area contributed by atoms with E-state index in [1.165, 1.54) is 0 Å². The highest BCUT2D eigenvalue weighted by molar-refractivity contribution is 6.30. The predicted molar refractivity (Wildman–Crippen MR) is 83.1 cm³/mol. The molecule has 1 aliphatic heterocycles. The van der Waals surface area contributed by atoms with Gasteiger partial charge in [-0.1, -0.05) is 44.0 Å². The van der Waals surface area contributed by atoms with Crippen LogP contribution in [0.15, 0.2) is 24.3 Å². The maximum atomic E-state index is 12.1. The summed E-state index contributed by atoms with van der Waals surface area (Å²) in [4.78, 5) is 12.1. The highest BCUT2D eigenvalue weighted by Gasteiger charge is 2.25. The summed E-state index contributed by atoms with van der Waals surface area (Å²) in [5.41, 5.74) is 1.01. The van der Waals surface area contributed by atoms with Gasteiger partial charge in [0.2, 0.25) is 5.91 Å². The Morgan fingerprint density at radius 3 is 2.90 bits per heavy atom. The third-order valence-electron chi connectivity index (χ3n) is 3.94. The molecule has 1 aromatic rings. The zero-order chi connectivity index (χ0) is 14.6. The Hall–Kier alpha value is -1.06. The highest BCUT2D eigenvalue weighted by atomic mass is 35.5. The molecule has 0 aliphatic carbocycles. The zero-order valence-electron chi connectivity index (χ0n) is 12.2. The van der Waals surface area contributed by atoms with E-state index in [1.807, 2.05) is 18.2 Å². The first-order chi connectivity index (χ1) is 9.49. The Labute approximate surface area is 126 Å². The first kappa shape index (κ1) is 15.3. The van der Waals surface area contributed by atoms with Crippen LogP contribution in [-0.4, -0.2) is 25.0 Å². The van der Waals surface area contributed by atoms with E-state index >= 15 is 0 Å². The average Bonchev–Trinajstić information content (AvgIpc) is 2.46. The lowest BCUT2D eigenvalue weighted by atomic mass is 9.84. The molecule has 1 heterocycles. The van der Waals surface area contributed by atoms with Crippen molar-refractivity contribution < 1.29 is 4.79 Å². The van der Waals surface area contributed by atoms with Gasteiger partial charge in [0.15, 0.2) is 0 Å². The van der Waals surface area contributed by atoms with Gasteiger partial charge in [0, 0.05) is 17.0 Å². The molecule has 1 amide bonds. The molecule has 1 unspecified atom stereocenters. The van der Waals surface area contributed by atoms with E-state index in [-0.39, 0.29) is 17.4 Å². The van der Waals surface area contributed by atoms with E-state index in [1.54, 1.807) is 0 Å². The molecule has 20 heavy (non-hydrogen) atoms. The second-order valence-corrected chi connectivity index (χ2v) is 6.55. The quantitative estimate of drug-likeness (QED) is 0.896. The molecule has 0 radical (unpaired) electrons. The number of hydrogen-bond donors (Lipinski definition) is 2. The molecule has 2 rings (SSSR count). The van der Waals surface area contributed by atoms with Crippen molar-refractivity contribution in [2.75, 3.05) is 13.1 Å². The van der Waals surface area contributed by atoms with Crippen LogP contribution in [0.25, 0.3) is 0 Å². The van der Waals surface area contributed by atoms with Crippen molar-refractivity contribution >= 4 is 17.5 Å². The molecule has 3 nitrogen and oxygen atoms in total. The summed E-state index contributed by atoms with van der Waals surface area (Å²) in [6, 6.07) is 7.80. The lowest BCUT2D eigenvalue weighted by molar-refractivity contribution is -0.123. The number of carbonyl (C=O) groups is 1. The fraction of sp³-hybridized carbons (Fsp3) is 0.562. The third-order valence-corrected chi connectivity index (χ3v) is 4.17. The van der Waals surface area contributed by atoms with Crippen molar-refractivity contribution in [2.24, 2.45) is 0 Å². The summed E-state index contributed by atoms with van der Waals surface area (Å²) < 4.78 is 0. The molecule has 110 valence electrons. The van der Waals surface area contributed by atoms with Crippen molar-refractivity contribution in [2.45, 2.75) is 44.6 Å². The molecule has 1 fully saturated rings. The minimum Gasteiger partial charge on any atom is -0.354 e. The van der Waals surface area contributed by atoms with E-state index in [0.717, 1.165) is 36.4 Å². The van der Waals surface area contributed by atoms with Gasteiger partial charge in [0.1, 0.15) is 0 Å². The van der Waals surface area contributed by atoms with Crippen LogP contribution in [0.2, 0.25) is 5.02 Å². The Balaban J connectivity index is 1.93. The second kappa shape index (κ2) is 6.59. The van der Waals surface area contributed by atoms with Gasteiger partial charge in [-0.15, -0.1) is 0 Å². The molecular formula is C16H23ClN2O. The average molecular weight is 295 g/mol. The van der Waals surface area contributed by atoms with E-state index in [4.69, 9.17) is 11.6 Å². The van der Waals surface area contributed by atoms with Crippen LogP contribution in [0.3, 0.4) is 0 Å². The predicted octanol–water partition coefficient (Wildman–Crippen LogP) is 2.88. The molecule has 1 aromatic carbocycles. The van der Waals surface area contributed by atoms with E-state index in [2.05, 4.69) is 30.5 Å². The SMILES string of the molecule is CC(C)(CNC(=O)C1CCCCN1)c1cccc(Cl)c1. The molecule has 0 saturated carbocycles. The summed E-state index contributed by atoms with van der Waals surface area (Å²) in [6.07, 6.45) is 3.23. The number of carbonyl (C=O) groups excluding carboxylic acids is 1. The van der Waals surface area contributed by atoms with Gasteiger partial charge >= 0.3 is 0 Å². The number of piperidine rings is 1. The summed E-state index contributed by atoms with van der Waals surface area (Å²) in [5, 5.41) is 7.07. The molecule has 0 spiro atoms. The van der Waals surface area contributed by atoms with Crippen LogP contribution in [0.4, 0.5) is 0 Å². The topological polar surface area (TPSA) is 41.1 Å². The molecule has 1 saturated heterocycles. The van der Waals surface area contributed by atoms with Crippen LogP contribution in [0, 0.1) is 0 Å². The van der Waals surface area contributed by atoms with Crippen LogP contribution in [0.5, 0.6) is 0 Å². The van der Waals surface area contributed by atoms with E-state index in [0.29, 0.717) is 6.54 Å². The number of rotatable bonds is 4. The molecule has 1 atom stereocenters. The zero-order valence-corrected chi connectivity index (χ0v) is 13.0. The smallest absolute Gasteiger partial charge is 0.237 e. The first-order valence-electron chi connectivity index (χ1n) is 7.26. The van der Waals surface area contributed by atoms with Crippen molar-refractivity contribution in [3.8, 4) is 0 Å². The van der Waals surface area contributed by atoms with Crippen molar-refractivity contribution in [1.82, 2.24) is 10.6 Å². The Morgan fingerprint density at radius 2 is 2.25 bits per heavy atom. The van der Waals surface area contributed by atoms with Gasteiger partial charge in [-0.3, -0.25) is 4.79 Å². The molecule has 2 N–H and O–H groups in total. The lowest BCUT2D eigenvalue weighted by Crippen LogP contribution is -2.49. The second-order valence-electron chi connectivity index (χ2n) is 6.11. The Morgan fingerprint density at radius 1 is 1.45 bits per heavy atom. The number of nitrogens with one attached hydrogen (secondary N) is 2. The number of hydrogen-bond acceptors (Lipinski definition) is 2. The van der Waals surface area contributed by atoms with Gasteiger partial charge in [-0.2, -0.15) is 0 Å². The first-order valence-corrected chi connectivity index (χ1v) is 7.64. The van der Waals surface area contributed by atoms with Gasteiger partial charge in [-0.05, 0) is 37.1 Å². The third kappa shape index (κ3) is 3.97. The van der Waals surface area contributed by atoms with Crippen LogP contribution in [0.1, 0.15) is 38.7 Å².